The van der Waals surface area contributed by atoms with Crippen molar-refractivity contribution < 1.29 is 14.3 Å². The van der Waals surface area contributed by atoms with Gasteiger partial charge >= 0.3 is 0 Å². The normalized spacial score (nSPS) is 13.5. The number of anilines is 1. The van der Waals surface area contributed by atoms with E-state index in [2.05, 4.69) is 26.6 Å². The number of likely N-dealkylation sites (tertiary alicyclic amines) is 1. The zero-order valence-electron chi connectivity index (χ0n) is 16.0. The van der Waals surface area contributed by atoms with Crippen LogP contribution < -0.4 is 15.4 Å². The van der Waals surface area contributed by atoms with E-state index in [1.807, 2.05) is 4.90 Å². The van der Waals surface area contributed by atoms with E-state index in [0.717, 1.165) is 30.4 Å². The summed E-state index contributed by atoms with van der Waals surface area (Å²) in [6.45, 7) is 1.58. The summed E-state index contributed by atoms with van der Waals surface area (Å²) in [6, 6.07) is 12.3. The van der Waals surface area contributed by atoms with Gasteiger partial charge in [0.25, 0.3) is 11.8 Å². The molecule has 1 fully saturated rings. The molecule has 2 aromatic carbocycles. The lowest BCUT2D eigenvalue weighted by Gasteiger charge is -2.26. The van der Waals surface area contributed by atoms with Crippen LogP contribution in [0.3, 0.4) is 0 Å². The first-order valence-corrected chi connectivity index (χ1v) is 10.5. The van der Waals surface area contributed by atoms with Gasteiger partial charge in [-0.15, -0.1) is 0 Å². The molecular weight excluding hydrogens is 454 g/mol. The number of methoxy groups -OCH3 is 1. The third-order valence-electron chi connectivity index (χ3n) is 4.64. The molecular formula is C21H22BrN3O3S. The van der Waals surface area contributed by atoms with Gasteiger partial charge in [0.1, 0.15) is 5.75 Å². The lowest BCUT2D eigenvalue weighted by atomic mass is 10.1. The van der Waals surface area contributed by atoms with Crippen molar-refractivity contribution in [1.82, 2.24) is 10.2 Å². The standard InChI is InChI=1S/C21H22BrN3O3S/c1-28-18-9-8-15(22)13-17(18)19(26)24-21(29)23-16-7-5-6-14(12-16)20(27)25-10-3-2-4-11-25/h5-9,12-13H,2-4,10-11H2,1H3,(H2,23,24,26,29). The Kier molecular flexibility index (Phi) is 7.22. The summed E-state index contributed by atoms with van der Waals surface area (Å²) in [5.41, 5.74) is 1.60. The number of hydrogen-bond donors (Lipinski definition) is 2. The SMILES string of the molecule is COc1ccc(Br)cc1C(=O)NC(=S)Nc1cccc(C(=O)N2CCCCC2)c1. The first-order valence-electron chi connectivity index (χ1n) is 9.33. The van der Waals surface area contributed by atoms with Gasteiger partial charge in [-0.05, 0) is 67.9 Å². The van der Waals surface area contributed by atoms with Crippen molar-refractivity contribution in [2.75, 3.05) is 25.5 Å². The van der Waals surface area contributed by atoms with Crippen LogP contribution in [0.1, 0.15) is 40.0 Å². The van der Waals surface area contributed by atoms with Gasteiger partial charge in [-0.25, -0.2) is 0 Å². The first kappa shape index (κ1) is 21.3. The molecule has 8 heteroatoms. The Morgan fingerprint density at radius 2 is 1.86 bits per heavy atom. The zero-order chi connectivity index (χ0) is 20.8. The number of halogens is 1. The summed E-state index contributed by atoms with van der Waals surface area (Å²) in [5.74, 6) is 0.0750. The lowest BCUT2D eigenvalue weighted by molar-refractivity contribution is 0.0724. The van der Waals surface area contributed by atoms with E-state index in [0.29, 0.717) is 22.6 Å². The molecule has 2 amide bonds. The number of nitrogens with one attached hydrogen (secondary N) is 2. The highest BCUT2D eigenvalue weighted by Crippen LogP contribution is 2.23. The van der Waals surface area contributed by atoms with Crippen molar-refractivity contribution >= 4 is 50.8 Å². The maximum Gasteiger partial charge on any atom is 0.261 e. The minimum Gasteiger partial charge on any atom is -0.496 e. The Morgan fingerprint density at radius 1 is 1.10 bits per heavy atom. The van der Waals surface area contributed by atoms with Crippen LogP contribution in [0.4, 0.5) is 5.69 Å². The summed E-state index contributed by atoms with van der Waals surface area (Å²) >= 11 is 8.62. The van der Waals surface area contributed by atoms with E-state index in [9.17, 15) is 9.59 Å². The Labute approximate surface area is 183 Å². The minimum atomic E-state index is -0.388. The van der Waals surface area contributed by atoms with Crippen molar-refractivity contribution in [2.45, 2.75) is 19.3 Å². The van der Waals surface area contributed by atoms with Gasteiger partial charge in [0.2, 0.25) is 0 Å². The van der Waals surface area contributed by atoms with E-state index in [4.69, 9.17) is 17.0 Å². The molecule has 1 heterocycles. The molecule has 0 atom stereocenters. The van der Waals surface area contributed by atoms with Gasteiger partial charge in [-0.1, -0.05) is 22.0 Å². The van der Waals surface area contributed by atoms with Crippen molar-refractivity contribution in [3.05, 3.63) is 58.1 Å². The van der Waals surface area contributed by atoms with E-state index in [-0.39, 0.29) is 16.9 Å². The number of hydrogen-bond acceptors (Lipinski definition) is 4. The lowest BCUT2D eigenvalue weighted by Crippen LogP contribution is -2.36. The molecule has 0 spiro atoms. The van der Waals surface area contributed by atoms with Crippen molar-refractivity contribution in [2.24, 2.45) is 0 Å². The smallest absolute Gasteiger partial charge is 0.261 e. The molecule has 1 saturated heterocycles. The van der Waals surface area contributed by atoms with E-state index < -0.39 is 0 Å². The Balaban J connectivity index is 1.66. The summed E-state index contributed by atoms with van der Waals surface area (Å²) in [5, 5.41) is 5.75. The van der Waals surface area contributed by atoms with E-state index in [1.54, 1.807) is 42.5 Å². The average molecular weight is 476 g/mol. The zero-order valence-corrected chi connectivity index (χ0v) is 18.4. The van der Waals surface area contributed by atoms with Crippen LogP contribution in [0, 0.1) is 0 Å². The van der Waals surface area contributed by atoms with Gasteiger partial charge in [0.15, 0.2) is 5.11 Å². The monoisotopic (exact) mass is 475 g/mol. The van der Waals surface area contributed by atoms with Crippen LogP contribution in [0.5, 0.6) is 5.75 Å². The number of nitrogens with zero attached hydrogens (tertiary/aromatic N) is 1. The van der Waals surface area contributed by atoms with Gasteiger partial charge in [-0.2, -0.15) is 0 Å². The van der Waals surface area contributed by atoms with Crippen LogP contribution in [0.2, 0.25) is 0 Å². The first-order chi connectivity index (χ1) is 14.0. The molecule has 0 unspecified atom stereocenters. The van der Waals surface area contributed by atoms with Crippen LogP contribution >= 0.6 is 28.1 Å². The van der Waals surface area contributed by atoms with Crippen LogP contribution in [0.15, 0.2) is 46.9 Å². The summed E-state index contributed by atoms with van der Waals surface area (Å²) in [4.78, 5) is 27.1. The number of carbonyl (C=O) groups is 2. The highest BCUT2D eigenvalue weighted by molar-refractivity contribution is 9.10. The molecule has 152 valence electrons. The van der Waals surface area contributed by atoms with Gasteiger partial charge < -0.3 is 15.0 Å². The summed E-state index contributed by atoms with van der Waals surface area (Å²) in [6.07, 6.45) is 3.25. The minimum absolute atomic E-state index is 0.0159. The maximum absolute atomic E-state index is 12.7. The second-order valence-electron chi connectivity index (χ2n) is 6.69. The molecule has 0 radical (unpaired) electrons. The molecule has 6 nitrogen and oxygen atoms in total. The Bertz CT molecular complexity index is 929. The van der Waals surface area contributed by atoms with Gasteiger partial charge in [0, 0.05) is 28.8 Å². The molecule has 0 aromatic heterocycles. The second kappa shape index (κ2) is 9.84. The number of amides is 2. The Morgan fingerprint density at radius 3 is 2.59 bits per heavy atom. The topological polar surface area (TPSA) is 70.7 Å². The van der Waals surface area contributed by atoms with Gasteiger partial charge in [0.05, 0.1) is 12.7 Å². The molecule has 2 N–H and O–H groups in total. The van der Waals surface area contributed by atoms with E-state index >= 15 is 0 Å². The summed E-state index contributed by atoms with van der Waals surface area (Å²) < 4.78 is 5.99. The van der Waals surface area contributed by atoms with Crippen LogP contribution in [0.25, 0.3) is 0 Å². The van der Waals surface area contributed by atoms with Crippen molar-refractivity contribution in [3.63, 3.8) is 0 Å². The maximum atomic E-state index is 12.7. The largest absolute Gasteiger partial charge is 0.496 e. The quantitative estimate of drug-likeness (QED) is 0.648. The molecule has 0 saturated carbocycles. The number of thiocarbonyl (C=S) groups is 1. The molecule has 2 aromatic rings. The fourth-order valence-electron chi connectivity index (χ4n) is 3.20. The molecule has 0 aliphatic carbocycles. The Hall–Kier alpha value is -2.45. The summed E-state index contributed by atoms with van der Waals surface area (Å²) in [7, 11) is 1.50. The second-order valence-corrected chi connectivity index (χ2v) is 8.01. The van der Waals surface area contributed by atoms with Crippen molar-refractivity contribution in [3.8, 4) is 5.75 Å². The predicted octanol–water partition coefficient (Wildman–Crippen LogP) is 4.21. The van der Waals surface area contributed by atoms with Crippen LogP contribution in [-0.2, 0) is 0 Å². The molecule has 3 rings (SSSR count). The number of ether oxygens (including phenoxy) is 1. The number of benzene rings is 2. The number of carbonyl (C=O) groups excluding carboxylic acids is 2. The predicted molar refractivity (Wildman–Crippen MR) is 121 cm³/mol. The highest BCUT2D eigenvalue weighted by Gasteiger charge is 2.19. The third kappa shape index (κ3) is 5.55. The van der Waals surface area contributed by atoms with E-state index in [1.165, 1.54) is 13.5 Å². The van der Waals surface area contributed by atoms with Crippen molar-refractivity contribution in [1.29, 1.82) is 0 Å². The third-order valence-corrected chi connectivity index (χ3v) is 5.34. The molecule has 0 bridgehead atoms. The van der Waals surface area contributed by atoms with Crippen LogP contribution in [-0.4, -0.2) is 42.0 Å². The highest BCUT2D eigenvalue weighted by atomic mass is 79.9. The number of piperidine rings is 1. The fourth-order valence-corrected chi connectivity index (χ4v) is 3.77. The molecule has 1 aliphatic rings. The van der Waals surface area contributed by atoms with Gasteiger partial charge in [-0.3, -0.25) is 14.9 Å². The number of rotatable bonds is 4. The fraction of sp³-hybridized carbons (Fsp3) is 0.286. The molecule has 29 heavy (non-hydrogen) atoms. The average Bonchev–Trinajstić information content (AvgIpc) is 2.73. The molecule has 1 aliphatic heterocycles.